The first-order chi connectivity index (χ1) is 9.49. The van der Waals surface area contributed by atoms with Crippen molar-refractivity contribution in [2.24, 2.45) is 0 Å². The zero-order valence-corrected chi connectivity index (χ0v) is 13.1. The van der Waals surface area contributed by atoms with E-state index in [0.29, 0.717) is 21.6 Å². The largest absolute Gasteiger partial charge is 0.507 e. The number of hydrogen-bond acceptors (Lipinski definition) is 2. The van der Waals surface area contributed by atoms with Crippen LogP contribution in [0.15, 0.2) is 46.9 Å². The van der Waals surface area contributed by atoms with Gasteiger partial charge in [0.1, 0.15) is 5.75 Å². The molecule has 3 nitrogen and oxygen atoms in total. The Morgan fingerprint density at radius 2 is 2.00 bits per heavy atom. The number of hydrogen-bond donors (Lipinski definition) is 1. The third-order valence-corrected chi connectivity index (χ3v) is 3.94. The standard InChI is InChI=1S/C15H13BrClNO2/c1-18(9-11-4-2-3-5-13(11)17)15(20)10-6-7-12(16)14(19)8-10/h2-8,19H,9H2,1H3. The fourth-order valence-corrected chi connectivity index (χ4v) is 2.26. The van der Waals surface area contributed by atoms with Crippen molar-refractivity contribution >= 4 is 33.4 Å². The lowest BCUT2D eigenvalue weighted by molar-refractivity contribution is 0.0784. The Labute approximate surface area is 130 Å². The molecule has 20 heavy (non-hydrogen) atoms. The lowest BCUT2D eigenvalue weighted by Crippen LogP contribution is -2.26. The number of carbonyl (C=O) groups is 1. The molecule has 0 unspecified atom stereocenters. The third kappa shape index (κ3) is 3.32. The van der Waals surface area contributed by atoms with E-state index in [0.717, 1.165) is 5.56 Å². The van der Waals surface area contributed by atoms with E-state index in [1.54, 1.807) is 30.1 Å². The maximum Gasteiger partial charge on any atom is 0.254 e. The van der Waals surface area contributed by atoms with Crippen LogP contribution in [0.4, 0.5) is 0 Å². The number of amides is 1. The van der Waals surface area contributed by atoms with Crippen LogP contribution in [0.1, 0.15) is 15.9 Å². The van der Waals surface area contributed by atoms with Crippen molar-refractivity contribution in [1.82, 2.24) is 4.90 Å². The predicted octanol–water partition coefficient (Wildman–Crippen LogP) is 4.08. The Morgan fingerprint density at radius 1 is 1.30 bits per heavy atom. The van der Waals surface area contributed by atoms with E-state index in [-0.39, 0.29) is 11.7 Å². The molecule has 104 valence electrons. The molecule has 0 saturated carbocycles. The highest BCUT2D eigenvalue weighted by molar-refractivity contribution is 9.10. The minimum Gasteiger partial charge on any atom is -0.507 e. The van der Waals surface area contributed by atoms with Crippen molar-refractivity contribution in [1.29, 1.82) is 0 Å². The number of phenols is 1. The van der Waals surface area contributed by atoms with Crippen molar-refractivity contribution in [2.75, 3.05) is 7.05 Å². The van der Waals surface area contributed by atoms with Crippen LogP contribution in [0.2, 0.25) is 5.02 Å². The van der Waals surface area contributed by atoms with E-state index in [1.165, 1.54) is 6.07 Å². The first-order valence-corrected chi connectivity index (χ1v) is 7.13. The minimum atomic E-state index is -0.173. The second kappa shape index (κ2) is 6.29. The van der Waals surface area contributed by atoms with Gasteiger partial charge in [0, 0.05) is 24.2 Å². The summed E-state index contributed by atoms with van der Waals surface area (Å²) in [6.07, 6.45) is 0. The molecule has 5 heteroatoms. The summed E-state index contributed by atoms with van der Waals surface area (Å²) in [6.45, 7) is 0.412. The quantitative estimate of drug-likeness (QED) is 0.902. The smallest absolute Gasteiger partial charge is 0.254 e. The molecule has 0 aliphatic carbocycles. The van der Waals surface area contributed by atoms with Gasteiger partial charge in [-0.05, 0) is 45.8 Å². The van der Waals surface area contributed by atoms with E-state index in [1.807, 2.05) is 18.2 Å². The van der Waals surface area contributed by atoms with Gasteiger partial charge in [0.25, 0.3) is 5.91 Å². The number of phenolic OH excluding ortho intramolecular Hbond substituents is 1. The van der Waals surface area contributed by atoms with Crippen molar-refractivity contribution in [3.8, 4) is 5.75 Å². The van der Waals surface area contributed by atoms with Gasteiger partial charge in [-0.1, -0.05) is 29.8 Å². The molecular weight excluding hydrogens is 342 g/mol. The van der Waals surface area contributed by atoms with Gasteiger partial charge in [-0.3, -0.25) is 4.79 Å². The number of nitrogens with zero attached hydrogens (tertiary/aromatic N) is 1. The molecule has 2 aromatic rings. The molecule has 0 bridgehead atoms. The number of halogens is 2. The maximum absolute atomic E-state index is 12.3. The molecule has 0 spiro atoms. The van der Waals surface area contributed by atoms with Crippen LogP contribution in [0, 0.1) is 0 Å². The summed E-state index contributed by atoms with van der Waals surface area (Å²) in [4.78, 5) is 13.8. The van der Waals surface area contributed by atoms with Crippen molar-refractivity contribution in [2.45, 2.75) is 6.54 Å². The Kier molecular flexibility index (Phi) is 4.68. The maximum atomic E-state index is 12.3. The summed E-state index contributed by atoms with van der Waals surface area (Å²) in [6, 6.07) is 12.1. The summed E-state index contributed by atoms with van der Waals surface area (Å²) >= 11 is 9.27. The molecule has 2 aromatic carbocycles. The molecule has 0 aliphatic heterocycles. The van der Waals surface area contributed by atoms with E-state index in [9.17, 15) is 9.90 Å². The zero-order chi connectivity index (χ0) is 14.7. The summed E-state index contributed by atoms with van der Waals surface area (Å²) in [7, 11) is 1.70. The van der Waals surface area contributed by atoms with Crippen LogP contribution >= 0.6 is 27.5 Å². The van der Waals surface area contributed by atoms with E-state index >= 15 is 0 Å². The van der Waals surface area contributed by atoms with Crippen molar-refractivity contribution in [3.63, 3.8) is 0 Å². The molecule has 0 radical (unpaired) electrons. The van der Waals surface area contributed by atoms with Crippen LogP contribution in [0.3, 0.4) is 0 Å². The average molecular weight is 355 g/mol. The van der Waals surface area contributed by atoms with Crippen LogP contribution in [0.25, 0.3) is 0 Å². The van der Waals surface area contributed by atoms with E-state index < -0.39 is 0 Å². The van der Waals surface area contributed by atoms with Gasteiger partial charge in [-0.2, -0.15) is 0 Å². The first kappa shape index (κ1) is 14.9. The van der Waals surface area contributed by atoms with Gasteiger partial charge in [0.15, 0.2) is 0 Å². The van der Waals surface area contributed by atoms with Crippen LogP contribution in [-0.2, 0) is 6.54 Å². The normalized spacial score (nSPS) is 10.3. The predicted molar refractivity (Wildman–Crippen MR) is 83.1 cm³/mol. The second-order valence-electron chi connectivity index (χ2n) is 4.42. The summed E-state index contributed by atoms with van der Waals surface area (Å²) in [5.41, 5.74) is 1.31. The number of rotatable bonds is 3. The molecule has 1 amide bonds. The number of aromatic hydroxyl groups is 1. The van der Waals surface area contributed by atoms with Gasteiger partial charge in [-0.15, -0.1) is 0 Å². The first-order valence-electron chi connectivity index (χ1n) is 5.96. The lowest BCUT2D eigenvalue weighted by atomic mass is 10.1. The van der Waals surface area contributed by atoms with Gasteiger partial charge in [0.05, 0.1) is 4.47 Å². The fourth-order valence-electron chi connectivity index (χ4n) is 1.82. The SMILES string of the molecule is CN(Cc1ccccc1Cl)C(=O)c1ccc(Br)c(O)c1. The summed E-state index contributed by atoms with van der Waals surface area (Å²) in [5.74, 6) is -0.130. The van der Waals surface area contributed by atoms with Crippen molar-refractivity contribution in [3.05, 3.63) is 63.1 Å². The monoisotopic (exact) mass is 353 g/mol. The summed E-state index contributed by atoms with van der Waals surface area (Å²) < 4.78 is 0.558. The second-order valence-corrected chi connectivity index (χ2v) is 5.68. The van der Waals surface area contributed by atoms with E-state index in [2.05, 4.69) is 15.9 Å². The van der Waals surface area contributed by atoms with Gasteiger partial charge in [0.2, 0.25) is 0 Å². The molecule has 0 aromatic heterocycles. The molecule has 0 saturated heterocycles. The van der Waals surface area contributed by atoms with Gasteiger partial charge >= 0.3 is 0 Å². The Hall–Kier alpha value is -1.52. The molecule has 0 fully saturated rings. The minimum absolute atomic E-state index is 0.0435. The molecule has 0 atom stereocenters. The van der Waals surface area contributed by atoms with Crippen molar-refractivity contribution < 1.29 is 9.90 Å². The zero-order valence-electron chi connectivity index (χ0n) is 10.8. The van der Waals surface area contributed by atoms with E-state index in [4.69, 9.17) is 11.6 Å². The van der Waals surface area contributed by atoms with Gasteiger partial charge in [-0.25, -0.2) is 0 Å². The molecule has 0 aliphatic rings. The third-order valence-electron chi connectivity index (χ3n) is 2.91. The Morgan fingerprint density at radius 3 is 2.65 bits per heavy atom. The van der Waals surface area contributed by atoms with Gasteiger partial charge < -0.3 is 10.0 Å². The Balaban J connectivity index is 2.16. The van der Waals surface area contributed by atoms with Crippen LogP contribution < -0.4 is 0 Å². The topological polar surface area (TPSA) is 40.5 Å². The Bertz CT molecular complexity index is 646. The average Bonchev–Trinajstić information content (AvgIpc) is 2.43. The number of benzene rings is 2. The highest BCUT2D eigenvalue weighted by atomic mass is 79.9. The summed E-state index contributed by atoms with van der Waals surface area (Å²) in [5, 5.41) is 10.3. The number of carbonyl (C=O) groups excluding carboxylic acids is 1. The van der Waals surface area contributed by atoms with Crippen LogP contribution in [0.5, 0.6) is 5.75 Å². The molecular formula is C15H13BrClNO2. The molecule has 0 heterocycles. The molecule has 2 rings (SSSR count). The van der Waals surface area contributed by atoms with Crippen LogP contribution in [-0.4, -0.2) is 23.0 Å². The highest BCUT2D eigenvalue weighted by Gasteiger charge is 2.14. The molecule has 1 N–H and O–H groups in total. The fraction of sp³-hybridized carbons (Fsp3) is 0.133. The highest BCUT2D eigenvalue weighted by Crippen LogP contribution is 2.25. The lowest BCUT2D eigenvalue weighted by Gasteiger charge is -2.18.